The van der Waals surface area contributed by atoms with Crippen molar-refractivity contribution in [2.24, 2.45) is 0 Å². The van der Waals surface area contributed by atoms with E-state index in [1.54, 1.807) is 13.1 Å². The van der Waals surface area contributed by atoms with Crippen LogP contribution in [0.1, 0.15) is 23.8 Å². The number of halogens is 2. The molecule has 1 heterocycles. The van der Waals surface area contributed by atoms with Crippen LogP contribution < -0.4 is 0 Å². The van der Waals surface area contributed by atoms with Gasteiger partial charge in [-0.3, -0.25) is 0 Å². The number of nitrogens with zero attached hydrogens (tertiary/aromatic N) is 1. The van der Waals surface area contributed by atoms with Gasteiger partial charge in [0.15, 0.2) is 5.76 Å². The van der Waals surface area contributed by atoms with Crippen LogP contribution in [0.4, 0.5) is 4.39 Å². The molecule has 0 amide bonds. The quantitative estimate of drug-likeness (QED) is 0.738. The van der Waals surface area contributed by atoms with Crippen molar-refractivity contribution in [2.45, 2.75) is 19.2 Å². The van der Waals surface area contributed by atoms with E-state index in [0.29, 0.717) is 17.2 Å². The Morgan fingerprint density at radius 1 is 1.38 bits per heavy atom. The molecule has 16 heavy (non-hydrogen) atoms. The molecule has 0 saturated carbocycles. The smallest absolute Gasteiger partial charge is 0.212 e. The van der Waals surface area contributed by atoms with Gasteiger partial charge in [0.05, 0.1) is 6.20 Å². The molecule has 2 aromatic rings. The summed E-state index contributed by atoms with van der Waals surface area (Å²) >= 11 is 5.84. The molecule has 0 N–H and O–H groups in total. The summed E-state index contributed by atoms with van der Waals surface area (Å²) in [5.74, 6) is 0.690. The first-order chi connectivity index (χ1) is 7.56. The van der Waals surface area contributed by atoms with Crippen LogP contribution in [0.15, 0.2) is 28.8 Å². The number of rotatable bonds is 2. The molecule has 0 aliphatic rings. The minimum Gasteiger partial charge on any atom is -0.439 e. The molecular formula is C12H11ClFNO. The van der Waals surface area contributed by atoms with Crippen molar-refractivity contribution in [3.8, 4) is 11.3 Å². The van der Waals surface area contributed by atoms with Crippen molar-refractivity contribution < 1.29 is 8.81 Å². The number of aryl methyl sites for hydroxylation is 1. The van der Waals surface area contributed by atoms with Crippen LogP contribution in [0.2, 0.25) is 0 Å². The minimum absolute atomic E-state index is 0.285. The first-order valence-electron chi connectivity index (χ1n) is 4.93. The summed E-state index contributed by atoms with van der Waals surface area (Å²) in [5.41, 5.74) is 1.51. The van der Waals surface area contributed by atoms with Gasteiger partial charge in [0.2, 0.25) is 5.89 Å². The van der Waals surface area contributed by atoms with Gasteiger partial charge in [0.1, 0.15) is 11.2 Å². The molecule has 0 fully saturated rings. The van der Waals surface area contributed by atoms with Crippen molar-refractivity contribution in [1.29, 1.82) is 0 Å². The molecule has 0 radical (unpaired) electrons. The van der Waals surface area contributed by atoms with E-state index in [1.807, 2.05) is 13.0 Å². The highest BCUT2D eigenvalue weighted by atomic mass is 35.5. The lowest BCUT2D eigenvalue weighted by atomic mass is 10.1. The Morgan fingerprint density at radius 2 is 2.12 bits per heavy atom. The number of hydrogen-bond donors (Lipinski definition) is 0. The topological polar surface area (TPSA) is 26.0 Å². The van der Waals surface area contributed by atoms with Gasteiger partial charge >= 0.3 is 0 Å². The Morgan fingerprint density at radius 3 is 2.69 bits per heavy atom. The summed E-state index contributed by atoms with van der Waals surface area (Å²) in [7, 11) is 0. The summed E-state index contributed by atoms with van der Waals surface area (Å²) in [5, 5.41) is -0.289. The third-order valence-corrected chi connectivity index (χ3v) is 2.38. The first-order valence-corrected chi connectivity index (χ1v) is 5.37. The highest BCUT2D eigenvalue weighted by molar-refractivity contribution is 6.20. The van der Waals surface area contributed by atoms with E-state index >= 15 is 0 Å². The maximum absolute atomic E-state index is 13.2. The Labute approximate surface area is 98.1 Å². The average molecular weight is 240 g/mol. The van der Waals surface area contributed by atoms with E-state index in [9.17, 15) is 4.39 Å². The molecule has 2 rings (SSSR count). The molecular weight excluding hydrogens is 229 g/mol. The molecule has 0 saturated heterocycles. The van der Waals surface area contributed by atoms with Crippen molar-refractivity contribution in [3.63, 3.8) is 0 Å². The number of hydrogen-bond acceptors (Lipinski definition) is 2. The Bertz CT molecular complexity index is 487. The zero-order valence-corrected chi connectivity index (χ0v) is 9.75. The average Bonchev–Trinajstić information content (AvgIpc) is 2.64. The number of oxazole rings is 1. The van der Waals surface area contributed by atoms with Gasteiger partial charge in [-0.15, -0.1) is 11.6 Å². The summed E-state index contributed by atoms with van der Waals surface area (Å²) in [6.07, 6.45) is 1.56. The lowest BCUT2D eigenvalue weighted by Gasteiger charge is -1.99. The lowest BCUT2D eigenvalue weighted by Crippen LogP contribution is -1.82. The van der Waals surface area contributed by atoms with E-state index in [1.165, 1.54) is 12.1 Å². The van der Waals surface area contributed by atoms with Gasteiger partial charge in [-0.1, -0.05) is 0 Å². The SMILES string of the molecule is Cc1cc(F)cc(-c2cnc(C(C)Cl)o2)c1. The van der Waals surface area contributed by atoms with Crippen LogP contribution in [0.25, 0.3) is 11.3 Å². The molecule has 0 spiro atoms. The number of benzene rings is 1. The molecule has 1 aromatic carbocycles. The molecule has 84 valence electrons. The van der Waals surface area contributed by atoms with Gasteiger partial charge < -0.3 is 4.42 Å². The van der Waals surface area contributed by atoms with Crippen LogP contribution in [0.3, 0.4) is 0 Å². The maximum Gasteiger partial charge on any atom is 0.212 e. The van der Waals surface area contributed by atoms with E-state index in [2.05, 4.69) is 4.98 Å². The Kier molecular flexibility index (Phi) is 2.97. The molecule has 4 heteroatoms. The third-order valence-electron chi connectivity index (χ3n) is 2.19. The normalized spacial score (nSPS) is 12.8. The monoisotopic (exact) mass is 239 g/mol. The largest absolute Gasteiger partial charge is 0.439 e. The van der Waals surface area contributed by atoms with Crippen molar-refractivity contribution in [3.05, 3.63) is 41.7 Å². The second-order valence-corrected chi connectivity index (χ2v) is 4.35. The second kappa shape index (κ2) is 4.26. The predicted octanol–water partition coefficient (Wildman–Crippen LogP) is 4.09. The molecule has 1 unspecified atom stereocenters. The maximum atomic E-state index is 13.2. The fourth-order valence-corrected chi connectivity index (χ4v) is 1.58. The van der Waals surface area contributed by atoms with Gasteiger partial charge in [-0.2, -0.15) is 0 Å². The summed E-state index contributed by atoms with van der Waals surface area (Å²) in [6.45, 7) is 3.60. The zero-order chi connectivity index (χ0) is 11.7. The summed E-state index contributed by atoms with van der Waals surface area (Å²) in [4.78, 5) is 4.03. The molecule has 0 aliphatic carbocycles. The van der Waals surface area contributed by atoms with Gasteiger partial charge in [-0.25, -0.2) is 9.37 Å². The van der Waals surface area contributed by atoms with Crippen molar-refractivity contribution in [1.82, 2.24) is 4.98 Å². The van der Waals surface area contributed by atoms with Crippen molar-refractivity contribution >= 4 is 11.6 Å². The second-order valence-electron chi connectivity index (χ2n) is 3.70. The highest BCUT2D eigenvalue weighted by Gasteiger charge is 2.11. The standard InChI is InChI=1S/C12H11ClFNO/c1-7-3-9(5-10(14)4-7)11-6-15-12(16-11)8(2)13/h3-6,8H,1-2H3. The third kappa shape index (κ3) is 2.25. The van der Waals surface area contributed by atoms with E-state index in [4.69, 9.17) is 16.0 Å². The van der Waals surface area contributed by atoms with Gasteiger partial charge in [0, 0.05) is 5.56 Å². The fraction of sp³-hybridized carbons (Fsp3) is 0.250. The van der Waals surface area contributed by atoms with Crippen LogP contribution in [0, 0.1) is 12.7 Å². The van der Waals surface area contributed by atoms with E-state index in [-0.39, 0.29) is 11.2 Å². The highest BCUT2D eigenvalue weighted by Crippen LogP contribution is 2.26. The summed E-state index contributed by atoms with van der Waals surface area (Å²) in [6, 6.07) is 4.72. The van der Waals surface area contributed by atoms with E-state index < -0.39 is 0 Å². The molecule has 0 bridgehead atoms. The van der Waals surface area contributed by atoms with Gasteiger partial charge in [0.25, 0.3) is 0 Å². The van der Waals surface area contributed by atoms with Crippen LogP contribution in [0.5, 0.6) is 0 Å². The van der Waals surface area contributed by atoms with Gasteiger partial charge in [-0.05, 0) is 37.6 Å². The predicted molar refractivity (Wildman–Crippen MR) is 60.9 cm³/mol. The lowest BCUT2D eigenvalue weighted by molar-refractivity contribution is 0.507. The first kappa shape index (κ1) is 11.1. The molecule has 1 aromatic heterocycles. The zero-order valence-electron chi connectivity index (χ0n) is 9.00. The Balaban J connectivity index is 2.42. The number of alkyl halides is 1. The molecule has 0 aliphatic heterocycles. The molecule has 1 atom stereocenters. The minimum atomic E-state index is -0.289. The van der Waals surface area contributed by atoms with Crippen LogP contribution >= 0.6 is 11.6 Å². The number of aromatic nitrogens is 1. The van der Waals surface area contributed by atoms with Crippen molar-refractivity contribution in [2.75, 3.05) is 0 Å². The fourth-order valence-electron chi connectivity index (χ4n) is 1.48. The van der Waals surface area contributed by atoms with E-state index in [0.717, 1.165) is 5.56 Å². The van der Waals surface area contributed by atoms with Crippen LogP contribution in [-0.4, -0.2) is 4.98 Å². The summed E-state index contributed by atoms with van der Waals surface area (Å²) < 4.78 is 18.6. The molecule has 2 nitrogen and oxygen atoms in total. The van der Waals surface area contributed by atoms with Crippen LogP contribution in [-0.2, 0) is 0 Å². The Hall–Kier alpha value is -1.35.